The molecule has 0 radical (unpaired) electrons. The number of carboxylic acid groups (broad SMARTS) is 1. The first-order chi connectivity index (χ1) is 15.9. The molecule has 2 saturated heterocycles. The zero-order valence-corrected chi connectivity index (χ0v) is 18.9. The number of hydrogen-bond acceptors (Lipinski definition) is 5. The van der Waals surface area contributed by atoms with Crippen LogP contribution in [0.4, 0.5) is 10.6 Å². The number of aromatic nitrogens is 1. The Morgan fingerprint density at radius 2 is 1.88 bits per heavy atom. The Morgan fingerprint density at radius 3 is 2.48 bits per heavy atom. The molecule has 2 atom stereocenters. The van der Waals surface area contributed by atoms with Gasteiger partial charge in [0.25, 0.3) is 0 Å². The van der Waals surface area contributed by atoms with E-state index in [1.165, 1.54) is 0 Å². The van der Waals surface area contributed by atoms with Gasteiger partial charge in [0.05, 0.1) is 5.56 Å². The van der Waals surface area contributed by atoms with Gasteiger partial charge in [-0.1, -0.05) is 23.7 Å². The van der Waals surface area contributed by atoms with Crippen molar-refractivity contribution in [3.8, 4) is 6.07 Å². The van der Waals surface area contributed by atoms with Gasteiger partial charge in [-0.2, -0.15) is 5.26 Å². The Kier molecular flexibility index (Phi) is 6.99. The van der Waals surface area contributed by atoms with Crippen LogP contribution in [0.15, 0.2) is 42.6 Å². The quantitative estimate of drug-likeness (QED) is 0.698. The van der Waals surface area contributed by atoms with Crippen LogP contribution in [0.3, 0.4) is 0 Å². The van der Waals surface area contributed by atoms with Crippen LogP contribution in [0.25, 0.3) is 0 Å². The van der Waals surface area contributed by atoms with Gasteiger partial charge < -0.3 is 20.2 Å². The number of hydrogen-bond donors (Lipinski definition) is 2. The van der Waals surface area contributed by atoms with E-state index in [2.05, 4.69) is 21.3 Å². The molecule has 172 valence electrons. The monoisotopic (exact) mass is 467 g/mol. The Hall–Kier alpha value is -3.31. The highest BCUT2D eigenvalue weighted by molar-refractivity contribution is 6.30. The van der Waals surface area contributed by atoms with Crippen LogP contribution >= 0.6 is 11.6 Å². The first-order valence-corrected chi connectivity index (χ1v) is 11.4. The number of piperidine rings is 1. The second kappa shape index (κ2) is 10.1. The lowest BCUT2D eigenvalue weighted by molar-refractivity contribution is -0.135. The van der Waals surface area contributed by atoms with Gasteiger partial charge in [-0.25, -0.2) is 9.78 Å². The lowest BCUT2D eigenvalue weighted by Gasteiger charge is -2.34. The van der Waals surface area contributed by atoms with Gasteiger partial charge in [-0.3, -0.25) is 4.79 Å². The number of anilines is 1. The average Bonchev–Trinajstić information content (AvgIpc) is 3.27. The summed E-state index contributed by atoms with van der Waals surface area (Å²) in [6.07, 6.45) is 1.98. The molecule has 9 heteroatoms. The molecule has 2 aliphatic rings. The first kappa shape index (κ1) is 22.9. The molecule has 2 amide bonds. The van der Waals surface area contributed by atoms with Crippen molar-refractivity contribution in [2.24, 2.45) is 11.8 Å². The second-order valence-corrected chi connectivity index (χ2v) is 9.06. The maximum Gasteiger partial charge on any atom is 0.404 e. The molecule has 8 nitrogen and oxygen atoms in total. The van der Waals surface area contributed by atoms with Gasteiger partial charge in [-0.05, 0) is 42.7 Å². The van der Waals surface area contributed by atoms with E-state index in [1.807, 2.05) is 35.2 Å². The summed E-state index contributed by atoms with van der Waals surface area (Å²) >= 11 is 6.03. The molecule has 4 rings (SSSR count). The van der Waals surface area contributed by atoms with Crippen LogP contribution in [-0.4, -0.2) is 59.7 Å². The van der Waals surface area contributed by atoms with Crippen LogP contribution in [0, 0.1) is 23.2 Å². The van der Waals surface area contributed by atoms with Gasteiger partial charge in [0.2, 0.25) is 5.91 Å². The number of likely N-dealkylation sites (tertiary alicyclic amines) is 1. The van der Waals surface area contributed by atoms with Crippen molar-refractivity contribution in [2.45, 2.75) is 18.8 Å². The molecule has 0 spiro atoms. The topological polar surface area (TPSA) is 110 Å². The number of nitrogens with one attached hydrogen (secondary N) is 1. The van der Waals surface area contributed by atoms with Crippen molar-refractivity contribution in [3.05, 3.63) is 58.7 Å². The predicted molar refractivity (Wildman–Crippen MR) is 124 cm³/mol. The minimum Gasteiger partial charge on any atom is -0.465 e. The molecule has 33 heavy (non-hydrogen) atoms. The molecule has 2 aromatic rings. The molecule has 2 fully saturated rings. The van der Waals surface area contributed by atoms with Crippen molar-refractivity contribution in [2.75, 3.05) is 37.6 Å². The third-order valence-electron chi connectivity index (χ3n) is 6.61. The highest BCUT2D eigenvalue weighted by Crippen LogP contribution is 2.35. The molecule has 1 aromatic carbocycles. The van der Waals surface area contributed by atoms with Crippen LogP contribution in [0.1, 0.15) is 29.9 Å². The van der Waals surface area contributed by atoms with Gasteiger partial charge in [-0.15, -0.1) is 0 Å². The average molecular weight is 468 g/mol. The summed E-state index contributed by atoms with van der Waals surface area (Å²) in [6, 6.07) is 13.2. The van der Waals surface area contributed by atoms with Crippen LogP contribution in [-0.2, 0) is 4.79 Å². The number of halogens is 1. The third-order valence-corrected chi connectivity index (χ3v) is 6.86. The van der Waals surface area contributed by atoms with Crippen molar-refractivity contribution in [1.82, 2.24) is 15.2 Å². The fraction of sp³-hybridized carbons (Fsp3) is 0.417. The summed E-state index contributed by atoms with van der Waals surface area (Å²) in [5, 5.41) is 21.1. The highest BCUT2D eigenvalue weighted by atomic mass is 35.5. The number of benzene rings is 1. The van der Waals surface area contributed by atoms with E-state index in [-0.39, 0.29) is 23.7 Å². The van der Waals surface area contributed by atoms with Crippen LogP contribution in [0.5, 0.6) is 0 Å². The molecule has 0 unspecified atom stereocenters. The summed E-state index contributed by atoms with van der Waals surface area (Å²) in [7, 11) is 0. The number of pyridine rings is 1. The number of amides is 2. The molecular formula is C24H26ClN5O3. The second-order valence-electron chi connectivity index (χ2n) is 8.63. The van der Waals surface area contributed by atoms with Crippen molar-refractivity contribution in [1.29, 1.82) is 5.26 Å². The fourth-order valence-corrected chi connectivity index (χ4v) is 4.94. The molecular weight excluding hydrogens is 442 g/mol. The first-order valence-electron chi connectivity index (χ1n) is 11.1. The number of carbonyl (C=O) groups excluding carboxylic acids is 1. The number of carbonyl (C=O) groups is 2. The van der Waals surface area contributed by atoms with E-state index < -0.39 is 6.09 Å². The smallest absolute Gasteiger partial charge is 0.404 e. The largest absolute Gasteiger partial charge is 0.465 e. The van der Waals surface area contributed by atoms with Gasteiger partial charge in [0.1, 0.15) is 11.9 Å². The fourth-order valence-electron chi connectivity index (χ4n) is 4.82. The Labute approximate surface area is 197 Å². The van der Waals surface area contributed by atoms with Crippen LogP contribution in [0.2, 0.25) is 5.02 Å². The van der Waals surface area contributed by atoms with Gasteiger partial charge >= 0.3 is 6.09 Å². The zero-order chi connectivity index (χ0) is 23.4. The molecule has 2 N–H and O–H groups in total. The Morgan fingerprint density at radius 1 is 1.15 bits per heavy atom. The number of rotatable bonds is 5. The summed E-state index contributed by atoms with van der Waals surface area (Å²) in [4.78, 5) is 32.8. The minimum atomic E-state index is -1.06. The SMILES string of the molecule is N#Cc1ccc(N2CCC(C(=O)N3C[C@@H](CNC(=O)O)[C@@H](c4ccc(Cl)cc4)C3)CC2)nc1. The minimum absolute atomic E-state index is 0.00848. The summed E-state index contributed by atoms with van der Waals surface area (Å²) in [6.45, 7) is 2.87. The molecule has 0 aliphatic carbocycles. The zero-order valence-electron chi connectivity index (χ0n) is 18.2. The van der Waals surface area contributed by atoms with E-state index in [0.717, 1.165) is 37.3 Å². The van der Waals surface area contributed by atoms with E-state index in [4.69, 9.17) is 22.0 Å². The Balaban J connectivity index is 1.39. The maximum absolute atomic E-state index is 13.3. The highest BCUT2D eigenvalue weighted by Gasteiger charge is 2.39. The third kappa shape index (κ3) is 5.37. The summed E-state index contributed by atoms with van der Waals surface area (Å²) < 4.78 is 0. The van der Waals surface area contributed by atoms with E-state index >= 15 is 0 Å². The van der Waals surface area contributed by atoms with E-state index in [0.29, 0.717) is 30.2 Å². The maximum atomic E-state index is 13.3. The normalized spacial score (nSPS) is 21.0. The molecule has 0 saturated carbocycles. The van der Waals surface area contributed by atoms with Gasteiger partial charge in [0, 0.05) is 61.7 Å². The molecule has 0 bridgehead atoms. The van der Waals surface area contributed by atoms with Crippen molar-refractivity contribution in [3.63, 3.8) is 0 Å². The van der Waals surface area contributed by atoms with Crippen LogP contribution < -0.4 is 10.2 Å². The summed E-state index contributed by atoms with van der Waals surface area (Å²) in [5.41, 5.74) is 1.59. The predicted octanol–water partition coefficient (Wildman–Crippen LogP) is 3.33. The molecule has 2 aliphatic heterocycles. The number of nitrogens with zero attached hydrogens (tertiary/aromatic N) is 4. The lowest BCUT2D eigenvalue weighted by Crippen LogP contribution is -2.42. The summed E-state index contributed by atoms with van der Waals surface area (Å²) in [5.74, 6) is 0.967. The van der Waals surface area contributed by atoms with E-state index in [9.17, 15) is 9.59 Å². The van der Waals surface area contributed by atoms with Gasteiger partial charge in [0.15, 0.2) is 0 Å². The molecule has 1 aromatic heterocycles. The lowest BCUT2D eigenvalue weighted by atomic mass is 9.89. The van der Waals surface area contributed by atoms with Crippen molar-refractivity contribution < 1.29 is 14.7 Å². The number of nitriles is 1. The standard InChI is InChI=1S/C24H26ClN5O3/c25-20-4-2-17(3-5-20)21-15-30(14-19(21)13-28-24(32)33)23(31)18-7-9-29(10-8-18)22-6-1-16(11-26)12-27-22/h1-6,12,18-19,21,28H,7-10,13-15H2,(H,32,33)/t19-,21-/m1/s1. The Bertz CT molecular complexity index is 1030. The van der Waals surface area contributed by atoms with Crippen molar-refractivity contribution >= 4 is 29.4 Å². The molecule has 3 heterocycles. The van der Waals surface area contributed by atoms with E-state index in [1.54, 1.807) is 12.3 Å².